The van der Waals surface area contributed by atoms with Crippen LogP contribution in [-0.2, 0) is 14.9 Å². The van der Waals surface area contributed by atoms with Crippen LogP contribution in [0.15, 0.2) is 29.2 Å². The summed E-state index contributed by atoms with van der Waals surface area (Å²) in [5.74, 6) is 0. The van der Waals surface area contributed by atoms with Crippen LogP contribution in [0, 0.1) is 6.92 Å². The summed E-state index contributed by atoms with van der Waals surface area (Å²) in [5.41, 5.74) is 0.956. The van der Waals surface area contributed by atoms with E-state index in [4.69, 9.17) is 9.29 Å². The average Bonchev–Trinajstić information content (AvgIpc) is 2.40. The van der Waals surface area contributed by atoms with Crippen LogP contribution < -0.4 is 5.32 Å². The molecule has 1 aromatic carbocycles. The molecule has 108 valence electrons. The van der Waals surface area contributed by atoms with E-state index in [0.717, 1.165) is 31.7 Å². The average molecular weight is 287 g/mol. The molecule has 5 nitrogen and oxygen atoms in total. The number of rotatable bonds is 2. The van der Waals surface area contributed by atoms with Crippen LogP contribution in [0.3, 0.4) is 0 Å². The zero-order valence-corrected chi connectivity index (χ0v) is 12.1. The van der Waals surface area contributed by atoms with Gasteiger partial charge < -0.3 is 10.1 Å². The van der Waals surface area contributed by atoms with Crippen LogP contribution in [0.25, 0.3) is 0 Å². The van der Waals surface area contributed by atoms with Crippen molar-refractivity contribution in [1.29, 1.82) is 0 Å². The molecule has 6 heteroatoms. The van der Waals surface area contributed by atoms with Crippen molar-refractivity contribution in [2.45, 2.75) is 31.3 Å². The zero-order chi connectivity index (χ0) is 14.3. The zero-order valence-electron chi connectivity index (χ0n) is 11.3. The van der Waals surface area contributed by atoms with E-state index in [2.05, 4.69) is 12.2 Å². The second kappa shape index (κ2) is 7.59. The van der Waals surface area contributed by atoms with Gasteiger partial charge in [0.15, 0.2) is 0 Å². The van der Waals surface area contributed by atoms with E-state index in [1.54, 1.807) is 12.1 Å². The first-order chi connectivity index (χ1) is 8.93. The van der Waals surface area contributed by atoms with E-state index < -0.39 is 10.1 Å². The molecule has 2 N–H and O–H groups in total. The van der Waals surface area contributed by atoms with E-state index in [1.807, 2.05) is 6.92 Å². The topological polar surface area (TPSA) is 75.6 Å². The molecule has 0 aromatic heterocycles. The van der Waals surface area contributed by atoms with Crippen LogP contribution in [0.5, 0.6) is 0 Å². The van der Waals surface area contributed by atoms with Crippen molar-refractivity contribution in [2.75, 3.05) is 19.7 Å². The molecular weight excluding hydrogens is 266 g/mol. The molecule has 1 aliphatic rings. The molecule has 2 rings (SSSR count). The molecule has 0 bridgehead atoms. The van der Waals surface area contributed by atoms with Crippen LogP contribution in [0.2, 0.25) is 0 Å². The molecule has 0 saturated carbocycles. The maximum atomic E-state index is 10.5. The van der Waals surface area contributed by atoms with Crippen molar-refractivity contribution < 1.29 is 17.7 Å². The molecule has 1 aliphatic heterocycles. The van der Waals surface area contributed by atoms with Gasteiger partial charge in [-0.2, -0.15) is 8.42 Å². The summed E-state index contributed by atoms with van der Waals surface area (Å²) < 4.78 is 34.9. The quantitative estimate of drug-likeness (QED) is 0.809. The number of hydrogen-bond donors (Lipinski definition) is 2. The Kier molecular flexibility index (Phi) is 6.44. The van der Waals surface area contributed by atoms with Crippen molar-refractivity contribution >= 4 is 10.1 Å². The Morgan fingerprint density at radius 2 is 2.00 bits per heavy atom. The number of hydrogen-bond acceptors (Lipinski definition) is 4. The molecule has 1 heterocycles. The molecule has 0 radical (unpaired) electrons. The van der Waals surface area contributed by atoms with Gasteiger partial charge in [-0.3, -0.25) is 4.55 Å². The van der Waals surface area contributed by atoms with Crippen LogP contribution >= 0.6 is 0 Å². The van der Waals surface area contributed by atoms with E-state index in [9.17, 15) is 8.42 Å². The molecule has 0 spiro atoms. The van der Waals surface area contributed by atoms with Crippen molar-refractivity contribution in [2.24, 2.45) is 0 Å². The first kappa shape index (κ1) is 16.1. The van der Waals surface area contributed by atoms with Gasteiger partial charge in [-0.25, -0.2) is 0 Å². The Morgan fingerprint density at radius 1 is 1.37 bits per heavy atom. The minimum Gasteiger partial charge on any atom is -0.376 e. The van der Waals surface area contributed by atoms with Crippen LogP contribution in [-0.4, -0.2) is 38.8 Å². The van der Waals surface area contributed by atoms with E-state index in [1.165, 1.54) is 12.1 Å². The predicted octanol–water partition coefficient (Wildman–Crippen LogP) is 1.63. The minimum atomic E-state index is -4.02. The Balaban J connectivity index is 0.000000200. The highest BCUT2D eigenvalue weighted by Crippen LogP contribution is 2.08. The lowest BCUT2D eigenvalue weighted by atomic mass is 10.2. The van der Waals surface area contributed by atoms with Gasteiger partial charge in [-0.05, 0) is 25.5 Å². The minimum absolute atomic E-state index is 0.0666. The Labute approximate surface area is 114 Å². The molecule has 1 unspecified atom stereocenters. The van der Waals surface area contributed by atoms with Gasteiger partial charge in [0, 0.05) is 13.1 Å². The highest BCUT2D eigenvalue weighted by molar-refractivity contribution is 7.85. The molecule has 1 aromatic rings. The smallest absolute Gasteiger partial charge is 0.294 e. The molecule has 0 amide bonds. The molecule has 0 aliphatic carbocycles. The lowest BCUT2D eigenvalue weighted by molar-refractivity contribution is 0.0267. The fraction of sp³-hybridized carbons (Fsp3) is 0.538. The van der Waals surface area contributed by atoms with Gasteiger partial charge in [-0.15, -0.1) is 0 Å². The first-order valence-corrected chi connectivity index (χ1v) is 7.74. The van der Waals surface area contributed by atoms with Gasteiger partial charge in [0.1, 0.15) is 0 Å². The second-order valence-electron chi connectivity index (χ2n) is 4.39. The summed E-state index contributed by atoms with van der Waals surface area (Å²) in [7, 11) is -4.02. The van der Waals surface area contributed by atoms with Crippen molar-refractivity contribution in [3.05, 3.63) is 29.8 Å². The Bertz CT molecular complexity index is 464. The summed E-state index contributed by atoms with van der Waals surface area (Å²) in [6.07, 6.45) is 1.61. The van der Waals surface area contributed by atoms with E-state index in [0.29, 0.717) is 6.10 Å². The molecule has 19 heavy (non-hydrogen) atoms. The lowest BCUT2D eigenvalue weighted by Gasteiger charge is -2.21. The number of benzene rings is 1. The molecule has 1 fully saturated rings. The normalized spacial score (nSPS) is 19.4. The lowest BCUT2D eigenvalue weighted by Crippen LogP contribution is -2.37. The summed E-state index contributed by atoms with van der Waals surface area (Å²) in [6, 6.07) is 5.99. The van der Waals surface area contributed by atoms with E-state index in [-0.39, 0.29) is 4.90 Å². The molecule has 1 atom stereocenters. The number of ether oxygens (including phenoxy) is 1. The fourth-order valence-electron chi connectivity index (χ4n) is 1.59. The predicted molar refractivity (Wildman–Crippen MR) is 73.9 cm³/mol. The van der Waals surface area contributed by atoms with Gasteiger partial charge >= 0.3 is 0 Å². The van der Waals surface area contributed by atoms with Crippen LogP contribution in [0.1, 0.15) is 18.9 Å². The maximum Gasteiger partial charge on any atom is 0.294 e. The number of aryl methyl sites for hydroxylation is 1. The SMILES string of the molecule is CCC1CNCCO1.Cc1ccc(S(=O)(=O)O)cc1. The standard InChI is InChI=1S/C7H8O3S.C6H13NO/c1-6-2-4-7(5-3-6)11(8,9)10;1-2-6-5-7-3-4-8-6/h2-5H,1H3,(H,8,9,10);6-7H,2-5H2,1H3. The third-order valence-corrected chi connectivity index (χ3v) is 3.65. The first-order valence-electron chi connectivity index (χ1n) is 6.30. The summed E-state index contributed by atoms with van der Waals surface area (Å²) in [5, 5.41) is 3.26. The highest BCUT2D eigenvalue weighted by atomic mass is 32.2. The third-order valence-electron chi connectivity index (χ3n) is 2.78. The van der Waals surface area contributed by atoms with Crippen molar-refractivity contribution in [3.8, 4) is 0 Å². The summed E-state index contributed by atoms with van der Waals surface area (Å²) in [6.45, 7) is 6.94. The fourth-order valence-corrected chi connectivity index (χ4v) is 2.07. The monoisotopic (exact) mass is 287 g/mol. The van der Waals surface area contributed by atoms with Crippen molar-refractivity contribution in [1.82, 2.24) is 5.32 Å². The van der Waals surface area contributed by atoms with Crippen molar-refractivity contribution in [3.63, 3.8) is 0 Å². The third kappa shape index (κ3) is 6.15. The largest absolute Gasteiger partial charge is 0.376 e. The highest BCUT2D eigenvalue weighted by Gasteiger charge is 2.09. The Hall–Kier alpha value is -0.950. The number of nitrogens with one attached hydrogen (secondary N) is 1. The Morgan fingerprint density at radius 3 is 2.37 bits per heavy atom. The summed E-state index contributed by atoms with van der Waals surface area (Å²) in [4.78, 5) is -0.0666. The van der Waals surface area contributed by atoms with Gasteiger partial charge in [-0.1, -0.05) is 24.6 Å². The second-order valence-corrected chi connectivity index (χ2v) is 5.81. The number of morpholine rings is 1. The van der Waals surface area contributed by atoms with Gasteiger partial charge in [0.05, 0.1) is 17.6 Å². The van der Waals surface area contributed by atoms with Gasteiger partial charge in [0.2, 0.25) is 0 Å². The summed E-state index contributed by atoms with van der Waals surface area (Å²) >= 11 is 0. The molecule has 1 saturated heterocycles. The maximum absolute atomic E-state index is 10.5. The van der Waals surface area contributed by atoms with Gasteiger partial charge in [0.25, 0.3) is 10.1 Å². The van der Waals surface area contributed by atoms with Crippen LogP contribution in [0.4, 0.5) is 0 Å². The van der Waals surface area contributed by atoms with E-state index >= 15 is 0 Å². The molecular formula is C13H21NO4S.